The maximum absolute atomic E-state index is 11.5. The van der Waals surface area contributed by atoms with Crippen molar-refractivity contribution in [3.63, 3.8) is 0 Å². The number of aromatic nitrogens is 1. The van der Waals surface area contributed by atoms with Crippen molar-refractivity contribution in [2.75, 3.05) is 0 Å². The number of hydrogen-bond acceptors (Lipinski definition) is 4. The van der Waals surface area contributed by atoms with Crippen molar-refractivity contribution in [3.8, 4) is 0 Å². The highest BCUT2D eigenvalue weighted by Crippen LogP contribution is 2.19. The predicted molar refractivity (Wildman–Crippen MR) is 54.2 cm³/mol. The molecule has 1 aromatic rings. The lowest BCUT2D eigenvalue weighted by Crippen LogP contribution is -2.25. The summed E-state index contributed by atoms with van der Waals surface area (Å²) in [5.74, 6) is 0.259. The fourth-order valence-corrected chi connectivity index (χ4v) is 1.22. The van der Waals surface area contributed by atoms with Crippen molar-refractivity contribution in [1.29, 1.82) is 0 Å². The quantitative estimate of drug-likeness (QED) is 0.774. The Morgan fingerprint density at radius 3 is 3.13 bits per heavy atom. The van der Waals surface area contributed by atoms with E-state index in [2.05, 4.69) is 10.3 Å². The SMILES string of the molecule is CCC(N)c1nc(C(=O)NC2CC2)co1. The molecule has 0 aliphatic heterocycles. The van der Waals surface area contributed by atoms with Gasteiger partial charge in [-0.1, -0.05) is 6.92 Å². The average Bonchev–Trinajstić information content (AvgIpc) is 2.91. The highest BCUT2D eigenvalue weighted by atomic mass is 16.3. The van der Waals surface area contributed by atoms with Crippen LogP contribution in [0.4, 0.5) is 0 Å². The molecule has 1 aromatic heterocycles. The molecule has 1 atom stereocenters. The molecular formula is C10H15N3O2. The number of nitrogens with zero attached hydrogens (tertiary/aromatic N) is 1. The number of nitrogens with two attached hydrogens (primary N) is 1. The van der Waals surface area contributed by atoms with Gasteiger partial charge in [0.2, 0.25) is 5.89 Å². The van der Waals surface area contributed by atoms with Crippen LogP contribution in [-0.4, -0.2) is 16.9 Å². The number of rotatable bonds is 4. The fourth-order valence-electron chi connectivity index (χ4n) is 1.22. The predicted octanol–water partition coefficient (Wildman–Crippen LogP) is 0.977. The standard InChI is InChI=1S/C10H15N3O2/c1-2-7(11)10-13-8(5-15-10)9(14)12-6-3-4-6/h5-7H,2-4,11H2,1H3,(H,12,14). The largest absolute Gasteiger partial charge is 0.446 e. The summed E-state index contributed by atoms with van der Waals surface area (Å²) in [6, 6.07) is 0.102. The molecule has 1 fully saturated rings. The third-order valence-corrected chi connectivity index (χ3v) is 2.42. The number of hydrogen-bond donors (Lipinski definition) is 2. The Morgan fingerprint density at radius 2 is 2.53 bits per heavy atom. The van der Waals surface area contributed by atoms with E-state index >= 15 is 0 Å². The van der Waals surface area contributed by atoms with Gasteiger partial charge >= 0.3 is 0 Å². The monoisotopic (exact) mass is 209 g/mol. The summed E-state index contributed by atoms with van der Waals surface area (Å²) in [6.07, 6.45) is 4.22. The van der Waals surface area contributed by atoms with Crippen molar-refractivity contribution >= 4 is 5.91 Å². The zero-order valence-electron chi connectivity index (χ0n) is 8.69. The van der Waals surface area contributed by atoms with Gasteiger partial charge in [-0.05, 0) is 19.3 Å². The summed E-state index contributed by atoms with van der Waals surface area (Å²) in [5.41, 5.74) is 6.05. The van der Waals surface area contributed by atoms with Gasteiger partial charge in [0.05, 0.1) is 6.04 Å². The molecule has 0 spiro atoms. The van der Waals surface area contributed by atoms with Gasteiger partial charge in [-0.25, -0.2) is 4.98 Å². The Hall–Kier alpha value is -1.36. The minimum atomic E-state index is -0.229. The van der Waals surface area contributed by atoms with E-state index < -0.39 is 0 Å². The topological polar surface area (TPSA) is 81.1 Å². The van der Waals surface area contributed by atoms with Crippen LogP contribution in [0.15, 0.2) is 10.7 Å². The molecular weight excluding hydrogens is 194 g/mol. The molecule has 0 saturated heterocycles. The highest BCUT2D eigenvalue weighted by Gasteiger charge is 2.25. The van der Waals surface area contributed by atoms with Crippen LogP contribution in [-0.2, 0) is 0 Å². The molecule has 1 amide bonds. The summed E-state index contributed by atoms with van der Waals surface area (Å²) < 4.78 is 5.14. The Bertz CT molecular complexity index is 357. The summed E-state index contributed by atoms with van der Waals surface area (Å²) in [7, 11) is 0. The molecule has 1 aliphatic rings. The summed E-state index contributed by atoms with van der Waals surface area (Å²) in [5, 5.41) is 2.84. The first-order valence-electron chi connectivity index (χ1n) is 5.22. The molecule has 0 radical (unpaired) electrons. The maximum atomic E-state index is 11.5. The van der Waals surface area contributed by atoms with E-state index in [1.807, 2.05) is 6.92 Å². The molecule has 0 aromatic carbocycles. The highest BCUT2D eigenvalue weighted by molar-refractivity contribution is 5.92. The van der Waals surface area contributed by atoms with E-state index in [0.29, 0.717) is 17.6 Å². The summed E-state index contributed by atoms with van der Waals surface area (Å²) in [4.78, 5) is 15.6. The van der Waals surface area contributed by atoms with Crippen LogP contribution in [0.25, 0.3) is 0 Å². The first-order chi connectivity index (χ1) is 7.20. The van der Waals surface area contributed by atoms with Crippen LogP contribution in [0.2, 0.25) is 0 Å². The van der Waals surface area contributed by atoms with Crippen LogP contribution in [0.3, 0.4) is 0 Å². The third kappa shape index (κ3) is 2.36. The minimum absolute atomic E-state index is 0.171. The van der Waals surface area contributed by atoms with Crippen molar-refractivity contribution < 1.29 is 9.21 Å². The van der Waals surface area contributed by atoms with Crippen LogP contribution in [0.1, 0.15) is 48.6 Å². The molecule has 1 unspecified atom stereocenters. The molecule has 82 valence electrons. The number of carbonyl (C=O) groups is 1. The lowest BCUT2D eigenvalue weighted by atomic mass is 10.2. The van der Waals surface area contributed by atoms with Crippen LogP contribution in [0.5, 0.6) is 0 Å². The Balaban J connectivity index is 2.01. The Labute approximate surface area is 88.0 Å². The molecule has 15 heavy (non-hydrogen) atoms. The lowest BCUT2D eigenvalue weighted by molar-refractivity contribution is 0.0946. The second-order valence-corrected chi connectivity index (χ2v) is 3.83. The minimum Gasteiger partial charge on any atom is -0.446 e. The van der Waals surface area contributed by atoms with Gasteiger partial charge in [-0.3, -0.25) is 4.79 Å². The summed E-state index contributed by atoms with van der Waals surface area (Å²) in [6.45, 7) is 1.94. The van der Waals surface area contributed by atoms with E-state index in [1.54, 1.807) is 0 Å². The second-order valence-electron chi connectivity index (χ2n) is 3.83. The van der Waals surface area contributed by atoms with Gasteiger partial charge in [0.1, 0.15) is 6.26 Å². The van der Waals surface area contributed by atoms with Crippen LogP contribution >= 0.6 is 0 Å². The van der Waals surface area contributed by atoms with Crippen molar-refractivity contribution in [1.82, 2.24) is 10.3 Å². The molecule has 1 heterocycles. The second kappa shape index (κ2) is 4.02. The zero-order valence-corrected chi connectivity index (χ0v) is 8.69. The van der Waals surface area contributed by atoms with Crippen LogP contribution < -0.4 is 11.1 Å². The van der Waals surface area contributed by atoms with Gasteiger partial charge in [0, 0.05) is 6.04 Å². The third-order valence-electron chi connectivity index (χ3n) is 2.42. The molecule has 3 N–H and O–H groups in total. The Kier molecular flexibility index (Phi) is 2.73. The number of amides is 1. The van der Waals surface area contributed by atoms with Gasteiger partial charge < -0.3 is 15.5 Å². The Morgan fingerprint density at radius 1 is 1.80 bits per heavy atom. The smallest absolute Gasteiger partial charge is 0.273 e. The molecule has 5 heteroatoms. The first kappa shape index (κ1) is 10.2. The van der Waals surface area contributed by atoms with Gasteiger partial charge in [-0.2, -0.15) is 0 Å². The lowest BCUT2D eigenvalue weighted by Gasteiger charge is -2.01. The molecule has 1 aliphatic carbocycles. The van der Waals surface area contributed by atoms with Crippen molar-refractivity contribution in [2.24, 2.45) is 5.73 Å². The van der Waals surface area contributed by atoms with Crippen molar-refractivity contribution in [3.05, 3.63) is 17.8 Å². The molecule has 0 bridgehead atoms. The number of carbonyl (C=O) groups excluding carboxylic acids is 1. The van der Waals surface area contributed by atoms with Crippen molar-refractivity contribution in [2.45, 2.75) is 38.3 Å². The molecule has 2 rings (SSSR count). The number of oxazole rings is 1. The van der Waals surface area contributed by atoms with Crippen LogP contribution in [0, 0.1) is 0 Å². The van der Waals surface area contributed by atoms with E-state index in [9.17, 15) is 4.79 Å². The van der Waals surface area contributed by atoms with E-state index in [0.717, 1.165) is 19.3 Å². The molecule has 1 saturated carbocycles. The van der Waals surface area contributed by atoms with Gasteiger partial charge in [0.25, 0.3) is 5.91 Å². The number of nitrogens with one attached hydrogen (secondary N) is 1. The van der Waals surface area contributed by atoms with E-state index in [1.165, 1.54) is 6.26 Å². The van der Waals surface area contributed by atoms with E-state index in [-0.39, 0.29) is 11.9 Å². The normalized spacial score (nSPS) is 17.5. The van der Waals surface area contributed by atoms with E-state index in [4.69, 9.17) is 10.2 Å². The zero-order chi connectivity index (χ0) is 10.8. The summed E-state index contributed by atoms with van der Waals surface area (Å²) >= 11 is 0. The first-order valence-corrected chi connectivity index (χ1v) is 5.22. The molecule has 5 nitrogen and oxygen atoms in total. The fraction of sp³-hybridized carbons (Fsp3) is 0.600. The average molecular weight is 209 g/mol. The van der Waals surface area contributed by atoms with Gasteiger partial charge in [-0.15, -0.1) is 0 Å². The van der Waals surface area contributed by atoms with Gasteiger partial charge in [0.15, 0.2) is 5.69 Å². The maximum Gasteiger partial charge on any atom is 0.273 e.